The Hall–Kier alpha value is -1.33. The second kappa shape index (κ2) is 4.98. The molecule has 0 aliphatic carbocycles. The van der Waals surface area contributed by atoms with Crippen molar-refractivity contribution >= 4 is 5.97 Å². The average molecular weight is 264 g/mol. The minimum absolute atomic E-state index is 0.287. The van der Waals surface area contributed by atoms with Gasteiger partial charge in [0.2, 0.25) is 0 Å². The summed E-state index contributed by atoms with van der Waals surface area (Å²) in [5.74, 6) is 0.358. The molecule has 5 nitrogen and oxygen atoms in total. The van der Waals surface area contributed by atoms with Crippen LogP contribution in [0.4, 0.5) is 0 Å². The Labute approximate surface area is 112 Å². The monoisotopic (exact) mass is 264 g/mol. The second-order valence-corrected chi connectivity index (χ2v) is 5.55. The molecule has 1 N–H and O–H groups in total. The molecule has 1 unspecified atom stereocenters. The van der Waals surface area contributed by atoms with Gasteiger partial charge in [0.25, 0.3) is 0 Å². The number of carbonyl (C=O) groups is 1. The third-order valence-electron chi connectivity index (χ3n) is 4.25. The number of nitrogens with zero attached hydrogens (tertiary/aromatic N) is 2. The summed E-state index contributed by atoms with van der Waals surface area (Å²) in [4.78, 5) is 15.9. The molecule has 2 saturated heterocycles. The number of carboxylic acid groups (broad SMARTS) is 1. The maximum atomic E-state index is 11.0. The Morgan fingerprint density at radius 3 is 3.05 bits per heavy atom. The van der Waals surface area contributed by atoms with E-state index >= 15 is 0 Å². The van der Waals surface area contributed by atoms with Gasteiger partial charge in [-0.3, -0.25) is 9.80 Å². The fraction of sp³-hybridized carbons (Fsp3) is 0.643. The Kier molecular flexibility index (Phi) is 3.33. The molecule has 0 spiro atoms. The van der Waals surface area contributed by atoms with E-state index in [0.717, 1.165) is 31.9 Å². The quantitative estimate of drug-likeness (QED) is 0.898. The maximum Gasteiger partial charge on any atom is 0.339 e. The van der Waals surface area contributed by atoms with Crippen LogP contribution in [0.15, 0.2) is 10.5 Å². The molecule has 1 aromatic rings. The van der Waals surface area contributed by atoms with Crippen LogP contribution in [0.2, 0.25) is 0 Å². The number of fused-ring (bicyclic) bond motifs is 1. The summed E-state index contributed by atoms with van der Waals surface area (Å²) in [6.45, 7) is 6.90. The van der Waals surface area contributed by atoms with Crippen LogP contribution in [-0.4, -0.2) is 53.1 Å². The molecule has 0 bridgehead atoms. The van der Waals surface area contributed by atoms with E-state index in [2.05, 4.69) is 9.80 Å². The molecular formula is C14H20N2O3. The lowest BCUT2D eigenvalue weighted by atomic mass is 10.1. The van der Waals surface area contributed by atoms with Crippen LogP contribution in [0.3, 0.4) is 0 Å². The molecule has 19 heavy (non-hydrogen) atoms. The van der Waals surface area contributed by atoms with Crippen molar-refractivity contribution in [3.05, 3.63) is 23.2 Å². The van der Waals surface area contributed by atoms with Gasteiger partial charge in [0, 0.05) is 25.7 Å². The van der Waals surface area contributed by atoms with Crippen molar-refractivity contribution in [1.29, 1.82) is 0 Å². The molecule has 0 radical (unpaired) electrons. The molecule has 0 saturated carbocycles. The normalized spacial score (nSPS) is 24.6. The van der Waals surface area contributed by atoms with Gasteiger partial charge in [0.05, 0.1) is 6.54 Å². The largest absolute Gasteiger partial charge is 0.478 e. The number of hydrogen-bond acceptors (Lipinski definition) is 4. The van der Waals surface area contributed by atoms with Gasteiger partial charge in [0.15, 0.2) is 0 Å². The highest BCUT2D eigenvalue weighted by Crippen LogP contribution is 2.23. The third-order valence-corrected chi connectivity index (χ3v) is 4.25. The van der Waals surface area contributed by atoms with E-state index in [1.165, 1.54) is 19.4 Å². The molecule has 3 heterocycles. The summed E-state index contributed by atoms with van der Waals surface area (Å²) in [5, 5.41) is 9.03. The van der Waals surface area contributed by atoms with E-state index in [1.807, 2.05) is 0 Å². The fourth-order valence-electron chi connectivity index (χ4n) is 3.25. The Balaban J connectivity index is 1.65. The zero-order valence-electron chi connectivity index (χ0n) is 11.3. The summed E-state index contributed by atoms with van der Waals surface area (Å²) in [5.41, 5.74) is 0.287. The number of piperazine rings is 1. The first-order chi connectivity index (χ1) is 9.13. The number of hydrogen-bond donors (Lipinski definition) is 1. The first kappa shape index (κ1) is 12.7. The van der Waals surface area contributed by atoms with Crippen molar-refractivity contribution in [2.24, 2.45) is 0 Å². The van der Waals surface area contributed by atoms with Crippen molar-refractivity contribution in [2.75, 3.05) is 26.2 Å². The van der Waals surface area contributed by atoms with Crippen LogP contribution in [0, 0.1) is 6.92 Å². The lowest BCUT2D eigenvalue weighted by Gasteiger charge is -2.37. The smallest absolute Gasteiger partial charge is 0.339 e. The molecule has 2 fully saturated rings. The van der Waals surface area contributed by atoms with Crippen molar-refractivity contribution in [3.8, 4) is 0 Å². The second-order valence-electron chi connectivity index (χ2n) is 5.55. The number of furan rings is 1. The van der Waals surface area contributed by atoms with E-state index in [0.29, 0.717) is 11.8 Å². The standard InChI is InChI=1S/C14H20N2O3/c1-10-13(14(17)18)7-12(19-10)9-15-5-6-16-4-2-3-11(16)8-15/h7,11H,2-6,8-9H2,1H3,(H,17,18). The van der Waals surface area contributed by atoms with Crippen LogP contribution in [0.5, 0.6) is 0 Å². The lowest BCUT2D eigenvalue weighted by molar-refractivity contribution is 0.0695. The summed E-state index contributed by atoms with van der Waals surface area (Å²) in [6.07, 6.45) is 2.59. The van der Waals surface area contributed by atoms with E-state index in [4.69, 9.17) is 9.52 Å². The average Bonchev–Trinajstić information content (AvgIpc) is 2.95. The van der Waals surface area contributed by atoms with Crippen molar-refractivity contribution in [3.63, 3.8) is 0 Å². The first-order valence-electron chi connectivity index (χ1n) is 6.92. The topological polar surface area (TPSA) is 56.9 Å². The minimum atomic E-state index is -0.909. The van der Waals surface area contributed by atoms with Gasteiger partial charge in [-0.1, -0.05) is 0 Å². The van der Waals surface area contributed by atoms with Crippen LogP contribution in [-0.2, 0) is 6.54 Å². The van der Waals surface area contributed by atoms with Gasteiger partial charge in [-0.25, -0.2) is 4.79 Å². The van der Waals surface area contributed by atoms with Gasteiger partial charge in [-0.2, -0.15) is 0 Å². The maximum absolute atomic E-state index is 11.0. The molecule has 1 aromatic heterocycles. The summed E-state index contributed by atoms with van der Waals surface area (Å²) < 4.78 is 5.55. The summed E-state index contributed by atoms with van der Waals surface area (Å²) >= 11 is 0. The third kappa shape index (κ3) is 2.53. The molecule has 0 aromatic carbocycles. The van der Waals surface area contributed by atoms with Crippen LogP contribution in [0.25, 0.3) is 0 Å². The van der Waals surface area contributed by atoms with Gasteiger partial charge in [-0.05, 0) is 32.4 Å². The van der Waals surface area contributed by atoms with Gasteiger partial charge >= 0.3 is 5.97 Å². The van der Waals surface area contributed by atoms with Gasteiger partial charge in [0.1, 0.15) is 17.1 Å². The highest BCUT2D eigenvalue weighted by molar-refractivity contribution is 5.88. The zero-order chi connectivity index (χ0) is 13.4. The van der Waals surface area contributed by atoms with E-state index in [1.54, 1.807) is 13.0 Å². The Morgan fingerprint density at radius 2 is 2.32 bits per heavy atom. The number of aromatic carboxylic acids is 1. The van der Waals surface area contributed by atoms with Crippen LogP contribution < -0.4 is 0 Å². The predicted octanol–water partition coefficient (Wildman–Crippen LogP) is 1.57. The molecule has 1 atom stereocenters. The number of rotatable bonds is 3. The fourth-order valence-corrected chi connectivity index (χ4v) is 3.25. The first-order valence-corrected chi connectivity index (χ1v) is 6.92. The van der Waals surface area contributed by atoms with Crippen molar-refractivity contribution < 1.29 is 14.3 Å². The van der Waals surface area contributed by atoms with Crippen molar-refractivity contribution in [1.82, 2.24) is 9.80 Å². The predicted molar refractivity (Wildman–Crippen MR) is 70.3 cm³/mol. The highest BCUT2D eigenvalue weighted by atomic mass is 16.4. The molecule has 104 valence electrons. The van der Waals surface area contributed by atoms with E-state index in [9.17, 15) is 4.79 Å². The molecule has 5 heteroatoms. The highest BCUT2D eigenvalue weighted by Gasteiger charge is 2.30. The summed E-state index contributed by atoms with van der Waals surface area (Å²) in [6, 6.07) is 2.35. The van der Waals surface area contributed by atoms with Gasteiger partial charge < -0.3 is 9.52 Å². The summed E-state index contributed by atoms with van der Waals surface area (Å²) in [7, 11) is 0. The Morgan fingerprint density at radius 1 is 1.47 bits per heavy atom. The number of carboxylic acids is 1. The SMILES string of the molecule is Cc1oc(CN2CCN3CCCC3C2)cc1C(=O)O. The van der Waals surface area contributed by atoms with Crippen molar-refractivity contribution in [2.45, 2.75) is 32.4 Å². The zero-order valence-corrected chi connectivity index (χ0v) is 11.3. The molecule has 2 aliphatic heterocycles. The number of aryl methyl sites for hydroxylation is 1. The van der Waals surface area contributed by atoms with Crippen LogP contribution >= 0.6 is 0 Å². The van der Waals surface area contributed by atoms with E-state index < -0.39 is 5.97 Å². The lowest BCUT2D eigenvalue weighted by Crippen LogP contribution is -2.49. The molecule has 3 rings (SSSR count). The molecular weight excluding hydrogens is 244 g/mol. The minimum Gasteiger partial charge on any atom is -0.478 e. The van der Waals surface area contributed by atoms with Gasteiger partial charge in [-0.15, -0.1) is 0 Å². The van der Waals surface area contributed by atoms with E-state index in [-0.39, 0.29) is 5.56 Å². The van der Waals surface area contributed by atoms with Crippen LogP contribution in [0.1, 0.15) is 34.7 Å². The molecule has 0 amide bonds. The Bertz CT molecular complexity index is 483. The molecule has 2 aliphatic rings.